The van der Waals surface area contributed by atoms with E-state index in [0.29, 0.717) is 18.1 Å². The van der Waals surface area contributed by atoms with Crippen molar-refractivity contribution in [1.29, 1.82) is 0 Å². The van der Waals surface area contributed by atoms with Gasteiger partial charge in [0.25, 0.3) is 0 Å². The maximum Gasteiger partial charge on any atom is 0.201 e. The van der Waals surface area contributed by atoms with Gasteiger partial charge in [-0.15, -0.1) is 0 Å². The minimum Gasteiger partial charge on any atom is -0.490 e. The van der Waals surface area contributed by atoms with Crippen LogP contribution in [-0.2, 0) is 0 Å². The Morgan fingerprint density at radius 3 is 2.34 bits per heavy atom. The molecule has 0 aliphatic heterocycles. The van der Waals surface area contributed by atoms with Crippen LogP contribution in [-0.4, -0.2) is 6.61 Å². The normalized spacial score (nSPS) is 19.6. The van der Waals surface area contributed by atoms with Gasteiger partial charge >= 0.3 is 0 Å². The van der Waals surface area contributed by atoms with E-state index in [1.165, 1.54) is 50.2 Å². The van der Waals surface area contributed by atoms with E-state index < -0.39 is 11.6 Å². The Labute approximate surface area is 173 Å². The minimum absolute atomic E-state index is 0.0177. The molecule has 1 aliphatic rings. The second kappa shape index (κ2) is 10.6. The Balaban J connectivity index is 1.64. The van der Waals surface area contributed by atoms with Crippen molar-refractivity contribution >= 4 is 0 Å². The average Bonchev–Trinajstić information content (AvgIpc) is 2.76. The predicted molar refractivity (Wildman–Crippen MR) is 116 cm³/mol. The highest BCUT2D eigenvalue weighted by atomic mass is 19.2. The van der Waals surface area contributed by atoms with Gasteiger partial charge in [-0.05, 0) is 87.0 Å². The van der Waals surface area contributed by atoms with Crippen molar-refractivity contribution in [3.63, 3.8) is 0 Å². The molecular weight excluding hydrogens is 366 g/mol. The zero-order valence-corrected chi connectivity index (χ0v) is 17.6. The summed E-state index contributed by atoms with van der Waals surface area (Å²) in [6.45, 7) is 4.39. The third-order valence-corrected chi connectivity index (χ3v) is 6.03. The molecule has 0 spiro atoms. The van der Waals surface area contributed by atoms with Crippen molar-refractivity contribution in [2.24, 2.45) is 5.92 Å². The fourth-order valence-corrected chi connectivity index (χ4v) is 4.30. The van der Waals surface area contributed by atoms with E-state index in [4.69, 9.17) is 4.74 Å². The summed E-state index contributed by atoms with van der Waals surface area (Å²) in [6, 6.07) is 11.1. The Kier molecular flexibility index (Phi) is 7.85. The summed E-state index contributed by atoms with van der Waals surface area (Å²) in [5.41, 5.74) is 2.29. The van der Waals surface area contributed by atoms with Crippen molar-refractivity contribution in [3.05, 3.63) is 65.7 Å². The molecule has 2 aromatic rings. The largest absolute Gasteiger partial charge is 0.490 e. The lowest BCUT2D eigenvalue weighted by Crippen LogP contribution is -2.13. The lowest BCUT2D eigenvalue weighted by molar-refractivity contribution is 0.295. The van der Waals surface area contributed by atoms with E-state index in [9.17, 15) is 8.78 Å². The fraction of sp³-hybridized carbons (Fsp3) is 0.462. The Morgan fingerprint density at radius 1 is 0.966 bits per heavy atom. The summed E-state index contributed by atoms with van der Waals surface area (Å²) in [5.74, 6) is -0.346. The summed E-state index contributed by atoms with van der Waals surface area (Å²) in [5, 5.41) is 0. The first-order valence-corrected chi connectivity index (χ1v) is 11.0. The highest BCUT2D eigenvalue weighted by molar-refractivity contribution is 5.65. The van der Waals surface area contributed by atoms with Gasteiger partial charge in [-0.1, -0.05) is 43.3 Å². The van der Waals surface area contributed by atoms with Crippen LogP contribution in [0.4, 0.5) is 8.78 Å². The monoisotopic (exact) mass is 398 g/mol. The van der Waals surface area contributed by atoms with Crippen LogP contribution in [0.15, 0.2) is 48.6 Å². The number of halogens is 2. The van der Waals surface area contributed by atoms with Crippen LogP contribution in [0.5, 0.6) is 5.75 Å². The SMILES string of the molecule is C/C=C/CCC1CCC(c2ccc(-c3ccc(OCCC)c(F)c3F)cc2)CC1. The first kappa shape index (κ1) is 21.5. The number of benzene rings is 2. The number of hydrogen-bond acceptors (Lipinski definition) is 1. The lowest BCUT2D eigenvalue weighted by Gasteiger charge is -2.28. The topological polar surface area (TPSA) is 9.23 Å². The van der Waals surface area contributed by atoms with Crippen molar-refractivity contribution in [3.8, 4) is 16.9 Å². The Hall–Kier alpha value is -2.16. The van der Waals surface area contributed by atoms with E-state index in [1.807, 2.05) is 19.1 Å². The van der Waals surface area contributed by atoms with Gasteiger partial charge in [-0.3, -0.25) is 0 Å². The van der Waals surface area contributed by atoms with Crippen LogP contribution in [0, 0.1) is 17.6 Å². The average molecular weight is 399 g/mol. The quantitative estimate of drug-likeness (QED) is 0.409. The van der Waals surface area contributed by atoms with Crippen molar-refractivity contribution in [2.45, 2.75) is 64.7 Å². The minimum atomic E-state index is -0.906. The molecule has 0 heterocycles. The maximum absolute atomic E-state index is 14.5. The number of rotatable bonds is 8. The number of ether oxygens (including phenoxy) is 1. The van der Waals surface area contributed by atoms with Gasteiger partial charge in [0.15, 0.2) is 11.6 Å². The highest BCUT2D eigenvalue weighted by Crippen LogP contribution is 2.38. The zero-order chi connectivity index (χ0) is 20.6. The molecule has 3 heteroatoms. The van der Waals surface area contributed by atoms with Crippen LogP contribution < -0.4 is 4.74 Å². The molecule has 0 radical (unpaired) electrons. The smallest absolute Gasteiger partial charge is 0.201 e. The molecule has 0 bridgehead atoms. The van der Waals surface area contributed by atoms with Crippen LogP contribution in [0.3, 0.4) is 0 Å². The van der Waals surface area contributed by atoms with Crippen LogP contribution in [0.25, 0.3) is 11.1 Å². The Bertz CT molecular complexity index is 802. The van der Waals surface area contributed by atoms with E-state index in [1.54, 1.807) is 6.07 Å². The van der Waals surface area contributed by atoms with Crippen molar-refractivity contribution < 1.29 is 13.5 Å². The number of allylic oxidation sites excluding steroid dienone is 2. The van der Waals surface area contributed by atoms with E-state index in [-0.39, 0.29) is 11.3 Å². The molecule has 1 fully saturated rings. The second-order valence-corrected chi connectivity index (χ2v) is 8.07. The summed E-state index contributed by atoms with van der Waals surface area (Å²) < 4.78 is 34.1. The molecule has 0 saturated heterocycles. The van der Waals surface area contributed by atoms with Gasteiger partial charge in [-0.25, -0.2) is 4.39 Å². The summed E-state index contributed by atoms with van der Waals surface area (Å²) in [7, 11) is 0. The van der Waals surface area contributed by atoms with E-state index in [0.717, 1.165) is 12.3 Å². The van der Waals surface area contributed by atoms with Gasteiger partial charge in [0, 0.05) is 5.56 Å². The van der Waals surface area contributed by atoms with E-state index >= 15 is 0 Å². The molecule has 1 nitrogen and oxygen atoms in total. The van der Waals surface area contributed by atoms with Crippen LogP contribution in [0.1, 0.15) is 70.3 Å². The van der Waals surface area contributed by atoms with Gasteiger partial charge < -0.3 is 4.74 Å². The molecule has 0 amide bonds. The lowest BCUT2D eigenvalue weighted by atomic mass is 9.77. The molecule has 29 heavy (non-hydrogen) atoms. The third kappa shape index (κ3) is 5.46. The van der Waals surface area contributed by atoms with Crippen molar-refractivity contribution in [1.82, 2.24) is 0 Å². The van der Waals surface area contributed by atoms with Gasteiger partial charge in [0.1, 0.15) is 0 Å². The first-order valence-electron chi connectivity index (χ1n) is 11.0. The molecule has 2 aromatic carbocycles. The van der Waals surface area contributed by atoms with Gasteiger partial charge in [0.05, 0.1) is 6.61 Å². The molecule has 0 aromatic heterocycles. The fourth-order valence-electron chi connectivity index (χ4n) is 4.30. The summed E-state index contributed by atoms with van der Waals surface area (Å²) >= 11 is 0. The molecule has 1 aliphatic carbocycles. The molecule has 0 N–H and O–H groups in total. The predicted octanol–water partition coefficient (Wildman–Crippen LogP) is 8.05. The highest BCUT2D eigenvalue weighted by Gasteiger charge is 2.22. The molecular formula is C26H32F2O. The maximum atomic E-state index is 14.5. The number of hydrogen-bond donors (Lipinski definition) is 0. The molecule has 3 rings (SSSR count). The van der Waals surface area contributed by atoms with E-state index in [2.05, 4.69) is 31.2 Å². The molecule has 156 valence electrons. The summed E-state index contributed by atoms with van der Waals surface area (Å²) in [4.78, 5) is 0. The van der Waals surface area contributed by atoms with Crippen LogP contribution >= 0.6 is 0 Å². The second-order valence-electron chi connectivity index (χ2n) is 8.07. The zero-order valence-electron chi connectivity index (χ0n) is 17.6. The van der Waals surface area contributed by atoms with Gasteiger partial charge in [-0.2, -0.15) is 4.39 Å². The summed E-state index contributed by atoms with van der Waals surface area (Å²) in [6.07, 6.45) is 12.6. The molecule has 1 saturated carbocycles. The molecule has 0 unspecified atom stereocenters. The van der Waals surface area contributed by atoms with Crippen molar-refractivity contribution in [2.75, 3.05) is 6.61 Å². The Morgan fingerprint density at radius 2 is 1.69 bits per heavy atom. The van der Waals surface area contributed by atoms with Gasteiger partial charge in [0.2, 0.25) is 5.82 Å². The third-order valence-electron chi connectivity index (χ3n) is 6.03. The first-order chi connectivity index (χ1) is 14.1. The standard InChI is InChI=1S/C26H32F2O/c1-3-5-6-7-19-8-10-20(11-9-19)21-12-14-22(15-13-21)23-16-17-24(29-18-4-2)26(28)25(23)27/h3,5,12-17,19-20H,4,6-11,18H2,1-2H3/b5-3+. The van der Waals surface area contributed by atoms with Crippen LogP contribution in [0.2, 0.25) is 0 Å². The molecule has 0 atom stereocenters.